The lowest BCUT2D eigenvalue weighted by Gasteiger charge is -2.08. The van der Waals surface area contributed by atoms with Crippen LogP contribution in [0.1, 0.15) is 17.3 Å². The van der Waals surface area contributed by atoms with E-state index in [0.29, 0.717) is 40.1 Å². The Kier molecular flexibility index (Phi) is 6.27. The number of aromatic nitrogens is 1. The van der Waals surface area contributed by atoms with Crippen LogP contribution in [0.25, 0.3) is 10.2 Å². The molecule has 2 N–H and O–H groups in total. The van der Waals surface area contributed by atoms with Crippen LogP contribution in [0.2, 0.25) is 0 Å². The van der Waals surface area contributed by atoms with E-state index in [1.165, 1.54) is 11.3 Å². The molecule has 0 saturated carbocycles. The number of nitrogens with one attached hydrogen (secondary N) is 2. The highest BCUT2D eigenvalue weighted by molar-refractivity contribution is 7.80. The van der Waals surface area contributed by atoms with E-state index in [4.69, 9.17) is 26.4 Å². The highest BCUT2D eigenvalue weighted by Crippen LogP contribution is 2.36. The summed E-state index contributed by atoms with van der Waals surface area (Å²) in [6.45, 7) is 2.41. The van der Waals surface area contributed by atoms with Crippen molar-refractivity contribution in [3.8, 4) is 17.2 Å². The molecule has 1 aromatic heterocycles. The molecule has 0 atom stereocenters. The molecule has 28 heavy (non-hydrogen) atoms. The normalized spacial score (nSPS) is 10.4. The third-order valence-corrected chi connectivity index (χ3v) is 4.87. The van der Waals surface area contributed by atoms with Crippen LogP contribution in [0, 0.1) is 0 Å². The maximum Gasteiger partial charge on any atom is 0.257 e. The van der Waals surface area contributed by atoms with E-state index in [2.05, 4.69) is 15.6 Å². The summed E-state index contributed by atoms with van der Waals surface area (Å²) in [5.74, 6) is 1.56. The minimum atomic E-state index is -0.334. The third kappa shape index (κ3) is 4.49. The molecule has 0 bridgehead atoms. The number of hydrogen-bond donors (Lipinski definition) is 2. The Morgan fingerprint density at radius 2 is 2.00 bits per heavy atom. The number of benzene rings is 2. The van der Waals surface area contributed by atoms with Gasteiger partial charge in [0.1, 0.15) is 22.8 Å². The van der Waals surface area contributed by atoms with Gasteiger partial charge in [-0.25, -0.2) is 4.98 Å². The molecule has 9 heteroatoms. The standard InChI is InChI=1S/C19H19N3O4S2/c1-4-26-12-7-5-6-11(8-12)17(23)21-18(27)22-19-20-16-14(25-3)9-13(24-2)10-15(16)28-19/h5-10H,4H2,1-3H3,(H2,20,21,22,23,27). The molecule has 3 aromatic rings. The Labute approximate surface area is 171 Å². The summed E-state index contributed by atoms with van der Waals surface area (Å²) < 4.78 is 16.9. The first-order valence-corrected chi connectivity index (χ1v) is 9.64. The number of amides is 1. The van der Waals surface area contributed by atoms with Gasteiger partial charge >= 0.3 is 0 Å². The molecule has 1 amide bonds. The molecule has 146 valence electrons. The van der Waals surface area contributed by atoms with Crippen LogP contribution < -0.4 is 24.8 Å². The summed E-state index contributed by atoms with van der Waals surface area (Å²) in [5, 5.41) is 6.27. The monoisotopic (exact) mass is 417 g/mol. The summed E-state index contributed by atoms with van der Waals surface area (Å²) in [5.41, 5.74) is 1.14. The van der Waals surface area contributed by atoms with Gasteiger partial charge in [0, 0.05) is 11.6 Å². The number of methoxy groups -OCH3 is 2. The quantitative estimate of drug-likeness (QED) is 0.590. The van der Waals surface area contributed by atoms with Crippen LogP contribution in [-0.4, -0.2) is 36.8 Å². The number of carbonyl (C=O) groups excluding carboxylic acids is 1. The zero-order valence-corrected chi connectivity index (χ0v) is 17.2. The summed E-state index contributed by atoms with van der Waals surface area (Å²) in [6.07, 6.45) is 0. The fraction of sp³-hybridized carbons (Fsp3) is 0.211. The lowest BCUT2D eigenvalue weighted by molar-refractivity contribution is 0.0977. The van der Waals surface area contributed by atoms with Gasteiger partial charge in [-0.3, -0.25) is 10.1 Å². The van der Waals surface area contributed by atoms with Gasteiger partial charge in [-0.15, -0.1) is 0 Å². The van der Waals surface area contributed by atoms with Crippen molar-refractivity contribution in [2.45, 2.75) is 6.92 Å². The van der Waals surface area contributed by atoms with Gasteiger partial charge < -0.3 is 19.5 Å². The molecule has 7 nitrogen and oxygen atoms in total. The summed E-state index contributed by atoms with van der Waals surface area (Å²) in [6, 6.07) is 10.5. The average Bonchev–Trinajstić information content (AvgIpc) is 3.09. The minimum absolute atomic E-state index is 0.150. The molecular weight excluding hydrogens is 398 g/mol. The first-order valence-electron chi connectivity index (χ1n) is 8.41. The second kappa shape index (κ2) is 8.85. The number of ether oxygens (including phenoxy) is 3. The number of anilines is 1. The minimum Gasteiger partial charge on any atom is -0.497 e. The second-order valence-corrected chi connectivity index (χ2v) is 7.00. The highest BCUT2D eigenvalue weighted by atomic mass is 32.1. The lowest BCUT2D eigenvalue weighted by atomic mass is 10.2. The van der Waals surface area contributed by atoms with E-state index in [-0.39, 0.29) is 11.0 Å². The summed E-state index contributed by atoms with van der Waals surface area (Å²) in [7, 11) is 3.16. The zero-order valence-electron chi connectivity index (χ0n) is 15.6. The highest BCUT2D eigenvalue weighted by Gasteiger charge is 2.14. The molecule has 0 radical (unpaired) electrons. The smallest absolute Gasteiger partial charge is 0.257 e. The van der Waals surface area contributed by atoms with Crippen molar-refractivity contribution in [2.24, 2.45) is 0 Å². The van der Waals surface area contributed by atoms with Gasteiger partial charge in [-0.05, 0) is 43.4 Å². The molecule has 1 heterocycles. The average molecular weight is 418 g/mol. The van der Waals surface area contributed by atoms with Crippen molar-refractivity contribution >= 4 is 49.9 Å². The summed E-state index contributed by atoms with van der Waals surface area (Å²) >= 11 is 6.62. The molecule has 0 aliphatic heterocycles. The second-order valence-electron chi connectivity index (χ2n) is 5.56. The summed E-state index contributed by atoms with van der Waals surface area (Å²) in [4.78, 5) is 16.9. The molecule has 0 saturated heterocycles. The van der Waals surface area contributed by atoms with Crippen LogP contribution >= 0.6 is 23.6 Å². The molecule has 0 aliphatic rings. The topological polar surface area (TPSA) is 81.7 Å². The fourth-order valence-corrected chi connectivity index (χ4v) is 3.67. The van der Waals surface area contributed by atoms with Crippen LogP contribution in [0.5, 0.6) is 17.2 Å². The maximum atomic E-state index is 12.4. The number of nitrogens with zero attached hydrogens (tertiary/aromatic N) is 1. The fourth-order valence-electron chi connectivity index (χ4n) is 2.50. The van der Waals surface area contributed by atoms with Crippen LogP contribution in [0.3, 0.4) is 0 Å². The van der Waals surface area contributed by atoms with E-state index < -0.39 is 0 Å². The number of carbonyl (C=O) groups is 1. The van der Waals surface area contributed by atoms with Crippen LogP contribution in [-0.2, 0) is 0 Å². The van der Waals surface area contributed by atoms with Crippen LogP contribution in [0.4, 0.5) is 5.13 Å². The van der Waals surface area contributed by atoms with Crippen LogP contribution in [0.15, 0.2) is 36.4 Å². The maximum absolute atomic E-state index is 12.4. The van der Waals surface area contributed by atoms with Gasteiger partial charge in [-0.2, -0.15) is 0 Å². The first kappa shape index (κ1) is 19.8. The molecule has 0 aliphatic carbocycles. The van der Waals surface area contributed by atoms with Crippen molar-refractivity contribution in [2.75, 3.05) is 26.1 Å². The Morgan fingerprint density at radius 1 is 1.18 bits per heavy atom. The number of fused-ring (bicyclic) bond motifs is 1. The van der Waals surface area contributed by atoms with E-state index in [1.54, 1.807) is 44.6 Å². The van der Waals surface area contributed by atoms with Crippen molar-refractivity contribution in [1.82, 2.24) is 10.3 Å². The van der Waals surface area contributed by atoms with Gasteiger partial charge in [0.15, 0.2) is 10.2 Å². The van der Waals surface area contributed by atoms with Crippen molar-refractivity contribution in [1.29, 1.82) is 0 Å². The predicted octanol–water partition coefficient (Wildman–Crippen LogP) is 3.84. The first-order chi connectivity index (χ1) is 13.5. The van der Waals surface area contributed by atoms with Gasteiger partial charge in [0.25, 0.3) is 5.91 Å². The Morgan fingerprint density at radius 3 is 2.71 bits per heavy atom. The Bertz CT molecular complexity index is 1020. The van der Waals surface area contributed by atoms with Crippen molar-refractivity contribution < 1.29 is 19.0 Å². The van der Waals surface area contributed by atoms with E-state index >= 15 is 0 Å². The Hall–Kier alpha value is -2.91. The van der Waals surface area contributed by atoms with Gasteiger partial charge in [0.2, 0.25) is 0 Å². The lowest BCUT2D eigenvalue weighted by Crippen LogP contribution is -2.34. The predicted molar refractivity (Wildman–Crippen MR) is 114 cm³/mol. The van der Waals surface area contributed by atoms with E-state index in [0.717, 1.165) is 4.70 Å². The van der Waals surface area contributed by atoms with Crippen molar-refractivity contribution in [3.05, 3.63) is 42.0 Å². The zero-order chi connectivity index (χ0) is 20.1. The largest absolute Gasteiger partial charge is 0.497 e. The molecule has 3 rings (SSSR count). The van der Waals surface area contributed by atoms with E-state index in [9.17, 15) is 4.79 Å². The molecule has 0 spiro atoms. The number of rotatable bonds is 6. The number of hydrogen-bond acceptors (Lipinski definition) is 7. The molecule has 0 fully saturated rings. The SMILES string of the molecule is CCOc1cccc(C(=O)NC(=S)Nc2nc3c(OC)cc(OC)cc3s2)c1. The van der Waals surface area contributed by atoms with Crippen molar-refractivity contribution in [3.63, 3.8) is 0 Å². The molecule has 0 unspecified atom stereocenters. The molecule has 2 aromatic carbocycles. The van der Waals surface area contributed by atoms with Gasteiger partial charge in [0.05, 0.1) is 25.5 Å². The van der Waals surface area contributed by atoms with E-state index in [1.807, 2.05) is 13.0 Å². The van der Waals surface area contributed by atoms with Gasteiger partial charge in [-0.1, -0.05) is 17.4 Å². The Balaban J connectivity index is 1.72. The third-order valence-electron chi connectivity index (χ3n) is 3.74. The number of thiocarbonyl (C=S) groups is 1. The number of thiazole rings is 1. The molecular formula is C19H19N3O4S2.